The van der Waals surface area contributed by atoms with E-state index in [-0.39, 0.29) is 16.8 Å². The molecule has 2 aromatic rings. The summed E-state index contributed by atoms with van der Waals surface area (Å²) in [5.41, 5.74) is 2.80. The van der Waals surface area contributed by atoms with Gasteiger partial charge in [0, 0.05) is 30.5 Å². The minimum absolute atomic E-state index is 0.0178. The normalized spacial score (nSPS) is 17.4. The number of hydrogen-bond donors (Lipinski definition) is 1. The van der Waals surface area contributed by atoms with E-state index in [1.807, 2.05) is 30.2 Å². The number of fused-ring (bicyclic) bond motifs is 1. The average Bonchev–Trinajstić information content (AvgIpc) is 3.03. The number of amides is 1. The molecule has 0 unspecified atom stereocenters. The number of nitrogens with zero attached hydrogens (tertiary/aromatic N) is 2. The summed E-state index contributed by atoms with van der Waals surface area (Å²) in [4.78, 5) is 15.0. The van der Waals surface area contributed by atoms with Crippen molar-refractivity contribution in [1.82, 2.24) is 9.47 Å². The summed E-state index contributed by atoms with van der Waals surface area (Å²) in [5.74, 6) is -0.160. The fourth-order valence-corrected chi connectivity index (χ4v) is 4.43. The SMILES string of the molecule is CC[C@@H]1c2cccn2CCN1C(=O)c1cc(C)c(C)c(S(N)(=O)=O)c1. The molecule has 0 bridgehead atoms. The molecule has 0 fully saturated rings. The van der Waals surface area contributed by atoms with Gasteiger partial charge in [0.05, 0.1) is 10.9 Å². The van der Waals surface area contributed by atoms with Crippen LogP contribution >= 0.6 is 0 Å². The van der Waals surface area contributed by atoms with Gasteiger partial charge < -0.3 is 9.47 Å². The molecule has 134 valence electrons. The van der Waals surface area contributed by atoms with E-state index in [1.54, 1.807) is 19.9 Å². The average molecular weight is 361 g/mol. The Hall–Kier alpha value is -2.12. The van der Waals surface area contributed by atoms with Crippen LogP contribution in [0.25, 0.3) is 0 Å². The van der Waals surface area contributed by atoms with Gasteiger partial charge in [-0.2, -0.15) is 0 Å². The Labute approximate surface area is 148 Å². The van der Waals surface area contributed by atoms with Gasteiger partial charge in [-0.3, -0.25) is 4.79 Å². The number of aromatic nitrogens is 1. The molecule has 6 nitrogen and oxygen atoms in total. The third-order valence-corrected chi connectivity index (χ3v) is 6.02. The Bertz CT molecular complexity index is 931. The van der Waals surface area contributed by atoms with Crippen molar-refractivity contribution in [2.45, 2.75) is 44.7 Å². The highest BCUT2D eigenvalue weighted by atomic mass is 32.2. The van der Waals surface area contributed by atoms with Crippen molar-refractivity contribution in [2.75, 3.05) is 6.54 Å². The number of nitrogens with two attached hydrogens (primary N) is 1. The highest BCUT2D eigenvalue weighted by Gasteiger charge is 2.31. The van der Waals surface area contributed by atoms with Gasteiger partial charge >= 0.3 is 0 Å². The number of primary sulfonamides is 1. The minimum atomic E-state index is -3.88. The lowest BCUT2D eigenvalue weighted by Crippen LogP contribution is -2.41. The molecule has 3 rings (SSSR count). The van der Waals surface area contributed by atoms with Crippen LogP contribution in [0.3, 0.4) is 0 Å². The van der Waals surface area contributed by atoms with Crippen LogP contribution < -0.4 is 5.14 Å². The van der Waals surface area contributed by atoms with Gasteiger partial charge in [-0.05, 0) is 55.7 Å². The predicted octanol–water partition coefficient (Wildman–Crippen LogP) is 2.36. The first-order valence-corrected chi connectivity index (χ1v) is 9.88. The smallest absolute Gasteiger partial charge is 0.254 e. The van der Waals surface area contributed by atoms with E-state index in [2.05, 4.69) is 4.57 Å². The summed E-state index contributed by atoms with van der Waals surface area (Å²) >= 11 is 0. The van der Waals surface area contributed by atoms with Crippen LogP contribution in [0.2, 0.25) is 0 Å². The molecule has 7 heteroatoms. The number of hydrogen-bond acceptors (Lipinski definition) is 3. The lowest BCUT2D eigenvalue weighted by atomic mass is 10.0. The molecule has 1 amide bonds. The Morgan fingerprint density at radius 3 is 2.64 bits per heavy atom. The van der Waals surface area contributed by atoms with Gasteiger partial charge in [0.15, 0.2) is 0 Å². The molecule has 1 atom stereocenters. The molecule has 1 aliphatic heterocycles. The third kappa shape index (κ3) is 3.09. The molecule has 0 radical (unpaired) electrons. The molecule has 0 saturated heterocycles. The number of benzene rings is 1. The van der Waals surface area contributed by atoms with Crippen LogP contribution in [0.4, 0.5) is 0 Å². The van der Waals surface area contributed by atoms with Gasteiger partial charge in [0.2, 0.25) is 10.0 Å². The first-order chi connectivity index (χ1) is 11.7. The van der Waals surface area contributed by atoms with Crippen LogP contribution in [0, 0.1) is 13.8 Å². The summed E-state index contributed by atoms with van der Waals surface area (Å²) in [6, 6.07) is 7.15. The highest BCUT2D eigenvalue weighted by Crippen LogP contribution is 2.31. The Morgan fingerprint density at radius 2 is 2.00 bits per heavy atom. The summed E-state index contributed by atoms with van der Waals surface area (Å²) in [7, 11) is -3.88. The first kappa shape index (κ1) is 17.7. The van der Waals surface area contributed by atoms with Gasteiger partial charge in [-0.25, -0.2) is 13.6 Å². The summed E-state index contributed by atoms with van der Waals surface area (Å²) in [6.45, 7) is 6.86. The summed E-state index contributed by atoms with van der Waals surface area (Å²) in [5, 5.41) is 5.32. The Balaban J connectivity index is 2.03. The topological polar surface area (TPSA) is 85.4 Å². The van der Waals surface area contributed by atoms with Crippen molar-refractivity contribution < 1.29 is 13.2 Å². The molecule has 0 saturated carbocycles. The van der Waals surface area contributed by atoms with E-state index in [4.69, 9.17) is 5.14 Å². The third-order valence-electron chi connectivity index (χ3n) is 4.98. The Kier molecular flexibility index (Phi) is 4.47. The number of carbonyl (C=O) groups is 1. The van der Waals surface area contributed by atoms with Gasteiger partial charge in [-0.1, -0.05) is 6.92 Å². The zero-order valence-corrected chi connectivity index (χ0v) is 15.5. The van der Waals surface area contributed by atoms with E-state index in [1.165, 1.54) is 6.07 Å². The van der Waals surface area contributed by atoms with Crippen LogP contribution in [-0.4, -0.2) is 30.3 Å². The number of sulfonamides is 1. The number of carbonyl (C=O) groups excluding carboxylic acids is 1. The zero-order chi connectivity index (χ0) is 18.4. The molecule has 1 aliphatic rings. The highest BCUT2D eigenvalue weighted by molar-refractivity contribution is 7.89. The zero-order valence-electron chi connectivity index (χ0n) is 14.7. The van der Waals surface area contributed by atoms with E-state index in [9.17, 15) is 13.2 Å². The maximum absolute atomic E-state index is 13.1. The maximum atomic E-state index is 13.1. The van der Waals surface area contributed by atoms with Crippen LogP contribution in [0.15, 0.2) is 35.4 Å². The second-order valence-electron chi connectivity index (χ2n) is 6.51. The van der Waals surface area contributed by atoms with Crippen LogP contribution in [0.1, 0.15) is 46.6 Å². The van der Waals surface area contributed by atoms with Crippen molar-refractivity contribution in [3.05, 3.63) is 52.8 Å². The molecule has 0 spiro atoms. The molecular formula is C18H23N3O3S. The van der Waals surface area contributed by atoms with Gasteiger partial charge in [-0.15, -0.1) is 0 Å². The second-order valence-corrected chi connectivity index (χ2v) is 8.04. The van der Waals surface area contributed by atoms with Crippen molar-refractivity contribution in [3.63, 3.8) is 0 Å². The monoisotopic (exact) mass is 361 g/mol. The van der Waals surface area contributed by atoms with Crippen LogP contribution in [0.5, 0.6) is 0 Å². The van der Waals surface area contributed by atoms with E-state index in [0.717, 1.165) is 24.2 Å². The Morgan fingerprint density at radius 1 is 1.28 bits per heavy atom. The lowest BCUT2D eigenvalue weighted by Gasteiger charge is -2.36. The molecular weight excluding hydrogens is 338 g/mol. The minimum Gasteiger partial charge on any atom is -0.348 e. The molecule has 1 aromatic carbocycles. The van der Waals surface area contributed by atoms with Crippen LogP contribution in [-0.2, 0) is 16.6 Å². The van der Waals surface area contributed by atoms with Crippen molar-refractivity contribution in [1.29, 1.82) is 0 Å². The van der Waals surface area contributed by atoms with Crippen molar-refractivity contribution >= 4 is 15.9 Å². The first-order valence-electron chi connectivity index (χ1n) is 8.34. The maximum Gasteiger partial charge on any atom is 0.254 e. The standard InChI is InChI=1S/C18H23N3O3S/c1-4-15-16-6-5-7-20(16)8-9-21(15)18(22)14-10-12(2)13(3)17(11-14)25(19,23)24/h5-7,10-11,15H,4,8-9H2,1-3H3,(H2,19,23,24)/t15-/m1/s1. The largest absolute Gasteiger partial charge is 0.348 e. The fraction of sp³-hybridized carbons (Fsp3) is 0.389. The number of rotatable bonds is 3. The van der Waals surface area contributed by atoms with E-state index < -0.39 is 10.0 Å². The second kappa shape index (κ2) is 6.31. The lowest BCUT2D eigenvalue weighted by molar-refractivity contribution is 0.0617. The molecule has 25 heavy (non-hydrogen) atoms. The number of aryl methyl sites for hydroxylation is 1. The fourth-order valence-electron chi connectivity index (χ4n) is 3.55. The molecule has 0 aliphatic carbocycles. The van der Waals surface area contributed by atoms with E-state index >= 15 is 0 Å². The predicted molar refractivity (Wildman–Crippen MR) is 95.8 cm³/mol. The molecule has 1 aromatic heterocycles. The van der Waals surface area contributed by atoms with Gasteiger partial charge in [0.25, 0.3) is 5.91 Å². The van der Waals surface area contributed by atoms with Gasteiger partial charge in [0.1, 0.15) is 0 Å². The summed E-state index contributed by atoms with van der Waals surface area (Å²) < 4.78 is 25.9. The molecule has 2 N–H and O–H groups in total. The quantitative estimate of drug-likeness (QED) is 0.910. The van der Waals surface area contributed by atoms with E-state index in [0.29, 0.717) is 17.7 Å². The van der Waals surface area contributed by atoms with Crippen molar-refractivity contribution in [3.8, 4) is 0 Å². The summed E-state index contributed by atoms with van der Waals surface area (Å²) in [6.07, 6.45) is 2.82. The van der Waals surface area contributed by atoms with Crippen molar-refractivity contribution in [2.24, 2.45) is 5.14 Å². The molecule has 2 heterocycles.